The molecule has 0 N–H and O–H groups in total. The molecule has 2 aliphatic rings. The summed E-state index contributed by atoms with van der Waals surface area (Å²) in [5.74, 6) is 2.01. The normalized spacial score (nSPS) is 23.9. The van der Waals surface area contributed by atoms with Crippen LogP contribution in [0.15, 0.2) is 29.2 Å². The highest BCUT2D eigenvalue weighted by atomic mass is 32.2. The number of likely N-dealkylation sites (tertiary alicyclic amines) is 1. The fourth-order valence-electron chi connectivity index (χ4n) is 2.54. The standard InChI is InChI=1S/C13H15NOS/c15-13-6-3-7-14(13)8-10-9-16-12-5-2-1-4-11(10)12/h1-2,4-5,10H,3,6-9H2. The van der Waals surface area contributed by atoms with Crippen LogP contribution in [0.2, 0.25) is 0 Å². The minimum Gasteiger partial charge on any atom is -0.342 e. The van der Waals surface area contributed by atoms with Gasteiger partial charge in [0.15, 0.2) is 0 Å². The molecule has 0 saturated carbocycles. The Morgan fingerprint density at radius 3 is 3.06 bits per heavy atom. The van der Waals surface area contributed by atoms with Gasteiger partial charge >= 0.3 is 0 Å². The van der Waals surface area contributed by atoms with Crippen LogP contribution >= 0.6 is 11.8 Å². The second-order valence-corrected chi connectivity index (χ2v) is 5.55. The van der Waals surface area contributed by atoms with Crippen molar-refractivity contribution in [1.29, 1.82) is 0 Å². The van der Waals surface area contributed by atoms with Crippen LogP contribution in [0, 0.1) is 0 Å². The van der Waals surface area contributed by atoms with E-state index in [1.165, 1.54) is 10.5 Å². The predicted molar refractivity (Wildman–Crippen MR) is 65.7 cm³/mol. The number of hydrogen-bond donors (Lipinski definition) is 0. The topological polar surface area (TPSA) is 20.3 Å². The van der Waals surface area contributed by atoms with Gasteiger partial charge in [0.2, 0.25) is 5.91 Å². The Balaban J connectivity index is 1.75. The molecule has 1 fully saturated rings. The molecular formula is C13H15NOS. The summed E-state index contributed by atoms with van der Waals surface area (Å²) in [5.41, 5.74) is 1.44. The van der Waals surface area contributed by atoms with Crippen molar-refractivity contribution in [3.05, 3.63) is 29.8 Å². The smallest absolute Gasteiger partial charge is 0.222 e. The predicted octanol–water partition coefficient (Wildman–Crippen LogP) is 2.50. The minimum absolute atomic E-state index is 0.342. The first kappa shape index (κ1) is 10.2. The molecule has 0 aromatic heterocycles. The Hall–Kier alpha value is -0.960. The molecule has 1 unspecified atom stereocenters. The van der Waals surface area contributed by atoms with Crippen LogP contribution in [0.1, 0.15) is 24.3 Å². The fourth-order valence-corrected chi connectivity index (χ4v) is 3.79. The number of benzene rings is 1. The van der Waals surface area contributed by atoms with Gasteiger partial charge in [0.1, 0.15) is 0 Å². The maximum absolute atomic E-state index is 11.6. The van der Waals surface area contributed by atoms with Crippen molar-refractivity contribution in [3.63, 3.8) is 0 Å². The summed E-state index contributed by atoms with van der Waals surface area (Å²) >= 11 is 1.92. The quantitative estimate of drug-likeness (QED) is 0.782. The molecule has 0 radical (unpaired) electrons. The molecule has 1 saturated heterocycles. The van der Waals surface area contributed by atoms with Crippen LogP contribution in [0.4, 0.5) is 0 Å². The third-order valence-corrected chi connectivity index (χ3v) is 4.66. The van der Waals surface area contributed by atoms with Gasteiger partial charge in [-0.15, -0.1) is 11.8 Å². The first-order valence-corrected chi connectivity index (χ1v) is 6.82. The van der Waals surface area contributed by atoms with Crippen molar-refractivity contribution in [2.45, 2.75) is 23.7 Å². The molecular weight excluding hydrogens is 218 g/mol. The van der Waals surface area contributed by atoms with Gasteiger partial charge in [-0.2, -0.15) is 0 Å². The lowest BCUT2D eigenvalue weighted by atomic mass is 10.0. The van der Waals surface area contributed by atoms with Crippen molar-refractivity contribution in [2.24, 2.45) is 0 Å². The van der Waals surface area contributed by atoms with E-state index in [9.17, 15) is 4.79 Å². The third kappa shape index (κ3) is 1.73. The zero-order chi connectivity index (χ0) is 11.0. The van der Waals surface area contributed by atoms with Gasteiger partial charge in [-0.05, 0) is 18.1 Å². The SMILES string of the molecule is O=C1CCCN1CC1CSc2ccccc21. The lowest BCUT2D eigenvalue weighted by Crippen LogP contribution is -2.29. The van der Waals surface area contributed by atoms with E-state index in [4.69, 9.17) is 0 Å². The molecule has 3 heteroatoms. The number of amides is 1. The Morgan fingerprint density at radius 1 is 1.38 bits per heavy atom. The second kappa shape index (κ2) is 4.13. The van der Waals surface area contributed by atoms with Gasteiger partial charge in [0.25, 0.3) is 0 Å². The first-order valence-electron chi connectivity index (χ1n) is 5.84. The van der Waals surface area contributed by atoms with E-state index in [0.717, 1.165) is 31.7 Å². The van der Waals surface area contributed by atoms with Crippen LogP contribution in [-0.2, 0) is 4.79 Å². The van der Waals surface area contributed by atoms with Crippen molar-refractivity contribution in [1.82, 2.24) is 4.90 Å². The molecule has 1 amide bonds. The molecule has 1 aromatic rings. The summed E-state index contributed by atoms with van der Waals surface area (Å²) in [6, 6.07) is 8.59. The Labute approximate surface area is 100 Å². The molecule has 1 atom stereocenters. The largest absolute Gasteiger partial charge is 0.342 e. The molecule has 84 valence electrons. The highest BCUT2D eigenvalue weighted by molar-refractivity contribution is 7.99. The van der Waals surface area contributed by atoms with Gasteiger partial charge in [0, 0.05) is 36.1 Å². The highest BCUT2D eigenvalue weighted by Gasteiger charge is 2.28. The zero-order valence-electron chi connectivity index (χ0n) is 9.19. The van der Waals surface area contributed by atoms with Crippen LogP contribution in [-0.4, -0.2) is 29.6 Å². The van der Waals surface area contributed by atoms with Gasteiger partial charge in [-0.1, -0.05) is 18.2 Å². The lowest BCUT2D eigenvalue weighted by molar-refractivity contribution is -0.127. The third-order valence-electron chi connectivity index (χ3n) is 3.41. The number of nitrogens with zero attached hydrogens (tertiary/aromatic N) is 1. The van der Waals surface area contributed by atoms with E-state index >= 15 is 0 Å². The molecule has 0 aliphatic carbocycles. The summed E-state index contributed by atoms with van der Waals surface area (Å²) < 4.78 is 0. The average molecular weight is 233 g/mol. The fraction of sp³-hybridized carbons (Fsp3) is 0.462. The van der Waals surface area contributed by atoms with Crippen molar-refractivity contribution in [3.8, 4) is 0 Å². The van der Waals surface area contributed by atoms with Gasteiger partial charge in [0.05, 0.1) is 0 Å². The number of thioether (sulfide) groups is 1. The van der Waals surface area contributed by atoms with E-state index in [1.54, 1.807) is 0 Å². The second-order valence-electron chi connectivity index (χ2n) is 4.49. The average Bonchev–Trinajstić information content (AvgIpc) is 2.88. The lowest BCUT2D eigenvalue weighted by Gasteiger charge is -2.20. The highest BCUT2D eigenvalue weighted by Crippen LogP contribution is 2.39. The first-order chi connectivity index (χ1) is 7.84. The molecule has 2 aliphatic heterocycles. The van der Waals surface area contributed by atoms with Crippen LogP contribution in [0.3, 0.4) is 0 Å². The van der Waals surface area contributed by atoms with E-state index in [1.807, 2.05) is 16.7 Å². The van der Waals surface area contributed by atoms with Gasteiger partial charge in [-0.3, -0.25) is 4.79 Å². The molecule has 2 nitrogen and oxygen atoms in total. The van der Waals surface area contributed by atoms with E-state index in [-0.39, 0.29) is 0 Å². The molecule has 1 aromatic carbocycles. The van der Waals surface area contributed by atoms with E-state index in [0.29, 0.717) is 11.8 Å². The molecule has 3 rings (SSSR count). The van der Waals surface area contributed by atoms with Gasteiger partial charge < -0.3 is 4.90 Å². The van der Waals surface area contributed by atoms with E-state index < -0.39 is 0 Å². The number of rotatable bonds is 2. The van der Waals surface area contributed by atoms with Crippen LogP contribution < -0.4 is 0 Å². The van der Waals surface area contributed by atoms with Crippen molar-refractivity contribution in [2.75, 3.05) is 18.8 Å². The van der Waals surface area contributed by atoms with Gasteiger partial charge in [-0.25, -0.2) is 0 Å². The van der Waals surface area contributed by atoms with Crippen molar-refractivity contribution < 1.29 is 4.79 Å². The van der Waals surface area contributed by atoms with Crippen LogP contribution in [0.5, 0.6) is 0 Å². The monoisotopic (exact) mass is 233 g/mol. The Kier molecular flexibility index (Phi) is 2.64. The van der Waals surface area contributed by atoms with E-state index in [2.05, 4.69) is 24.3 Å². The summed E-state index contributed by atoms with van der Waals surface area (Å²) in [7, 11) is 0. The summed E-state index contributed by atoms with van der Waals surface area (Å²) in [4.78, 5) is 15.0. The number of carbonyl (C=O) groups is 1. The molecule has 2 heterocycles. The summed E-state index contributed by atoms with van der Waals surface area (Å²) in [6.07, 6.45) is 1.79. The number of hydrogen-bond acceptors (Lipinski definition) is 2. The Bertz CT molecular complexity index is 418. The molecule has 0 spiro atoms. The van der Waals surface area contributed by atoms with Crippen LogP contribution in [0.25, 0.3) is 0 Å². The summed E-state index contributed by atoms with van der Waals surface area (Å²) in [6.45, 7) is 1.88. The maximum Gasteiger partial charge on any atom is 0.222 e. The maximum atomic E-state index is 11.6. The zero-order valence-corrected chi connectivity index (χ0v) is 10.0. The number of carbonyl (C=O) groups excluding carboxylic acids is 1. The van der Waals surface area contributed by atoms with Crippen molar-refractivity contribution >= 4 is 17.7 Å². The molecule has 16 heavy (non-hydrogen) atoms. The Morgan fingerprint density at radius 2 is 2.25 bits per heavy atom. The number of fused-ring (bicyclic) bond motifs is 1. The summed E-state index contributed by atoms with van der Waals surface area (Å²) in [5, 5.41) is 0. The minimum atomic E-state index is 0.342. The molecule has 0 bridgehead atoms.